The molecule has 0 radical (unpaired) electrons. The summed E-state index contributed by atoms with van der Waals surface area (Å²) in [7, 11) is -0.162. The van der Waals surface area contributed by atoms with Crippen molar-refractivity contribution in [1.29, 1.82) is 0 Å². The lowest BCUT2D eigenvalue weighted by molar-refractivity contribution is -0.137. The summed E-state index contributed by atoms with van der Waals surface area (Å²) >= 11 is 5.63. The summed E-state index contributed by atoms with van der Waals surface area (Å²) in [5, 5.41) is 4.34. The van der Waals surface area contributed by atoms with Crippen LogP contribution in [0.15, 0.2) is 69.6 Å². The number of benzene rings is 2. The highest BCUT2D eigenvalue weighted by Crippen LogP contribution is 2.36. The van der Waals surface area contributed by atoms with E-state index in [2.05, 4.69) is 30.6 Å². The number of H-pyrrole nitrogens is 1. The van der Waals surface area contributed by atoms with E-state index < -0.39 is 33.6 Å². The van der Waals surface area contributed by atoms with Crippen LogP contribution in [0.4, 0.5) is 35.3 Å². The van der Waals surface area contributed by atoms with Crippen molar-refractivity contribution < 1.29 is 22.2 Å². The van der Waals surface area contributed by atoms with Crippen molar-refractivity contribution in [3.8, 4) is 0 Å². The molecule has 10 nitrogen and oxygen atoms in total. The molecule has 0 fully saturated rings. The number of carbonyl (C=O) groups is 1. The molecule has 3 N–H and O–H groups in total. The molecule has 4 rings (SSSR count). The quantitative estimate of drug-likeness (QED) is 0.260. The first kappa shape index (κ1) is 29.7. The molecule has 0 aliphatic rings. The molecule has 0 aliphatic carbocycles. The molecule has 214 valence electrons. The smallest absolute Gasteiger partial charge is 0.339 e. The number of rotatable bonds is 7. The molecule has 15 heteroatoms. The molecule has 0 saturated heterocycles. The van der Waals surface area contributed by atoms with Gasteiger partial charge >= 0.3 is 12.2 Å². The van der Waals surface area contributed by atoms with Gasteiger partial charge in [-0.1, -0.05) is 17.7 Å². The van der Waals surface area contributed by atoms with Gasteiger partial charge in [0.05, 0.1) is 15.5 Å². The minimum Gasteiger partial charge on any atom is -0.339 e. The van der Waals surface area contributed by atoms with Crippen LogP contribution in [0.25, 0.3) is 0 Å². The largest absolute Gasteiger partial charge is 0.417 e. The minimum atomic E-state index is -4.69. The highest BCUT2D eigenvalue weighted by molar-refractivity contribution is 7.85. The van der Waals surface area contributed by atoms with E-state index in [0.717, 1.165) is 17.7 Å². The van der Waals surface area contributed by atoms with Crippen molar-refractivity contribution in [3.05, 3.63) is 92.6 Å². The van der Waals surface area contributed by atoms with E-state index in [1.165, 1.54) is 24.4 Å². The first-order valence-electron chi connectivity index (χ1n) is 11.9. The molecule has 1 unspecified atom stereocenters. The van der Waals surface area contributed by atoms with E-state index >= 15 is 0 Å². The van der Waals surface area contributed by atoms with Gasteiger partial charge in [-0.15, -0.1) is 0 Å². The zero-order chi connectivity index (χ0) is 29.9. The van der Waals surface area contributed by atoms with Gasteiger partial charge in [-0.25, -0.2) is 14.0 Å². The standard InChI is InChI=1S/C26H23ClF3N7O3S/c1-14-4-5-18(35-24(39)34-17-6-7-20(27)19(11-17)26(28,29)30)12-21(14)41(40)25-33-15(2)32-23(36-25)37(3)13-16-8-9-31-22(38)10-16/h4-12H,13H2,1-3H3,(H,31,38)(H2,34,35,39). The predicted molar refractivity (Wildman–Crippen MR) is 149 cm³/mol. The fourth-order valence-corrected chi connectivity index (χ4v) is 5.11. The summed E-state index contributed by atoms with van der Waals surface area (Å²) in [6.07, 6.45) is -3.16. The first-order chi connectivity index (χ1) is 19.3. The molecule has 0 bridgehead atoms. The van der Waals surface area contributed by atoms with Gasteiger partial charge in [-0.05, 0) is 61.4 Å². The van der Waals surface area contributed by atoms with Gasteiger partial charge in [0.1, 0.15) is 16.6 Å². The van der Waals surface area contributed by atoms with E-state index in [0.29, 0.717) is 22.8 Å². The predicted octanol–water partition coefficient (Wildman–Crippen LogP) is 5.30. The van der Waals surface area contributed by atoms with Crippen molar-refractivity contribution >= 4 is 45.8 Å². The Morgan fingerprint density at radius 1 is 1.02 bits per heavy atom. The Morgan fingerprint density at radius 2 is 1.71 bits per heavy atom. The molecular weight excluding hydrogens is 583 g/mol. The zero-order valence-electron chi connectivity index (χ0n) is 21.8. The van der Waals surface area contributed by atoms with Crippen LogP contribution in [0.2, 0.25) is 5.02 Å². The number of halogens is 4. The Kier molecular flexibility index (Phi) is 8.73. The van der Waals surface area contributed by atoms with Crippen molar-refractivity contribution in [3.63, 3.8) is 0 Å². The summed E-state index contributed by atoms with van der Waals surface area (Å²) in [5.41, 5.74) is 0.129. The van der Waals surface area contributed by atoms with Crippen LogP contribution in [0.5, 0.6) is 0 Å². The van der Waals surface area contributed by atoms with Crippen molar-refractivity contribution in [1.82, 2.24) is 19.9 Å². The summed E-state index contributed by atoms with van der Waals surface area (Å²) in [6.45, 7) is 3.66. The number of aryl methyl sites for hydroxylation is 2. The van der Waals surface area contributed by atoms with Gasteiger partial charge in [0, 0.05) is 37.2 Å². The van der Waals surface area contributed by atoms with Gasteiger partial charge in [-0.3, -0.25) is 4.79 Å². The number of amides is 2. The van der Waals surface area contributed by atoms with E-state index in [1.807, 2.05) is 0 Å². The maximum absolute atomic E-state index is 13.5. The molecule has 2 heterocycles. The molecule has 2 aromatic heterocycles. The fourth-order valence-electron chi connectivity index (χ4n) is 3.72. The second-order valence-electron chi connectivity index (χ2n) is 8.90. The van der Waals surface area contributed by atoms with E-state index in [9.17, 15) is 27.0 Å². The van der Waals surface area contributed by atoms with E-state index in [1.54, 1.807) is 44.0 Å². The van der Waals surface area contributed by atoms with Gasteiger partial charge < -0.3 is 20.5 Å². The summed E-state index contributed by atoms with van der Waals surface area (Å²) in [4.78, 5) is 41.6. The lowest BCUT2D eigenvalue weighted by Gasteiger charge is -2.18. The number of alkyl halides is 3. The molecule has 1 atom stereocenters. The third kappa shape index (κ3) is 7.46. The zero-order valence-corrected chi connectivity index (χ0v) is 23.4. The Morgan fingerprint density at radius 3 is 2.39 bits per heavy atom. The van der Waals surface area contributed by atoms with Crippen LogP contribution in [0.1, 0.15) is 22.5 Å². The molecule has 0 aliphatic heterocycles. The van der Waals surface area contributed by atoms with Crippen molar-refractivity contribution in [2.45, 2.75) is 36.6 Å². The first-order valence-corrected chi connectivity index (χ1v) is 13.4. The minimum absolute atomic E-state index is 0.0178. The Balaban J connectivity index is 1.53. The summed E-state index contributed by atoms with van der Waals surface area (Å²) < 4.78 is 53.0. The normalized spacial score (nSPS) is 12.1. The maximum Gasteiger partial charge on any atom is 0.417 e. The van der Waals surface area contributed by atoms with Crippen LogP contribution in [0.3, 0.4) is 0 Å². The summed E-state index contributed by atoms with van der Waals surface area (Å²) in [6, 6.07) is 10.0. The lowest BCUT2D eigenvalue weighted by Crippen LogP contribution is -2.22. The number of pyridine rings is 1. The van der Waals surface area contributed by atoms with Crippen LogP contribution >= 0.6 is 11.6 Å². The average molecular weight is 606 g/mol. The van der Waals surface area contributed by atoms with Gasteiger partial charge in [0.15, 0.2) is 0 Å². The number of aromatic nitrogens is 4. The van der Waals surface area contributed by atoms with E-state index in [4.69, 9.17) is 11.6 Å². The van der Waals surface area contributed by atoms with E-state index in [-0.39, 0.29) is 28.0 Å². The molecule has 0 spiro atoms. The maximum atomic E-state index is 13.5. The number of aromatic amines is 1. The van der Waals surface area contributed by atoms with Gasteiger partial charge in [0.25, 0.3) is 0 Å². The third-order valence-corrected chi connectivity index (χ3v) is 7.34. The van der Waals surface area contributed by atoms with Crippen LogP contribution in [-0.4, -0.2) is 37.2 Å². The van der Waals surface area contributed by atoms with Gasteiger partial charge in [0.2, 0.25) is 16.7 Å². The molecule has 4 aromatic rings. The molecule has 0 saturated carbocycles. The number of hydrogen-bond donors (Lipinski definition) is 3. The highest BCUT2D eigenvalue weighted by Gasteiger charge is 2.33. The molecule has 41 heavy (non-hydrogen) atoms. The van der Waals surface area contributed by atoms with Crippen LogP contribution in [-0.2, 0) is 23.5 Å². The van der Waals surface area contributed by atoms with Crippen LogP contribution < -0.4 is 21.1 Å². The monoisotopic (exact) mass is 605 g/mol. The lowest BCUT2D eigenvalue weighted by atomic mass is 10.2. The molecule has 2 amide bonds. The fraction of sp³-hybridized carbons (Fsp3) is 0.192. The number of urea groups is 1. The number of nitrogens with one attached hydrogen (secondary N) is 3. The van der Waals surface area contributed by atoms with Crippen molar-refractivity contribution in [2.75, 3.05) is 22.6 Å². The van der Waals surface area contributed by atoms with Gasteiger partial charge in [-0.2, -0.15) is 23.1 Å². The number of hydrogen-bond acceptors (Lipinski definition) is 7. The topological polar surface area (TPSA) is 133 Å². The molecular formula is C26H23ClF3N7O3S. The Bertz CT molecular complexity index is 1700. The number of carbonyl (C=O) groups excluding carboxylic acids is 1. The number of nitrogens with zero attached hydrogens (tertiary/aromatic N) is 4. The summed E-state index contributed by atoms with van der Waals surface area (Å²) in [5.74, 6) is 0.567. The third-order valence-electron chi connectivity index (χ3n) is 5.66. The van der Waals surface area contributed by atoms with Crippen molar-refractivity contribution in [2.24, 2.45) is 0 Å². The Labute approximate surface area is 239 Å². The second kappa shape index (κ2) is 12.1. The van der Waals surface area contributed by atoms with Crippen LogP contribution in [0, 0.1) is 13.8 Å². The average Bonchev–Trinajstić information content (AvgIpc) is 2.89. The Hall–Kier alpha value is -4.30. The SMILES string of the molecule is Cc1nc(N(C)Cc2cc[nH]c(=O)c2)nc(S(=O)c2cc(NC(=O)Nc3ccc(Cl)c(C(F)(F)F)c3)ccc2C)n1. The number of anilines is 3. The highest BCUT2D eigenvalue weighted by atomic mass is 35.5. The second-order valence-corrected chi connectivity index (χ2v) is 10.7. The molecule has 2 aromatic carbocycles.